The van der Waals surface area contributed by atoms with Crippen LogP contribution in [0.2, 0.25) is 0 Å². The van der Waals surface area contributed by atoms with Gasteiger partial charge in [0.2, 0.25) is 0 Å². The first-order valence-electron chi connectivity index (χ1n) is 9.32. The fourth-order valence-electron chi connectivity index (χ4n) is 3.46. The van der Waals surface area contributed by atoms with E-state index in [0.717, 1.165) is 34.8 Å². The summed E-state index contributed by atoms with van der Waals surface area (Å²) >= 11 is 0. The molecule has 3 aromatic rings. The zero-order chi connectivity index (χ0) is 20.1. The quantitative estimate of drug-likeness (QED) is 0.469. The molecule has 146 valence electrons. The second-order valence-corrected chi connectivity index (χ2v) is 6.76. The number of benzene rings is 2. The van der Waals surface area contributed by atoms with Crippen LogP contribution in [0.15, 0.2) is 54.6 Å². The number of para-hydroxylation sites is 1. The Bertz CT molecular complexity index is 961. The van der Waals surface area contributed by atoms with Crippen LogP contribution in [0.1, 0.15) is 27.3 Å². The van der Waals surface area contributed by atoms with Crippen LogP contribution in [0, 0.1) is 19.7 Å². The van der Waals surface area contributed by atoms with Crippen LogP contribution in [-0.4, -0.2) is 30.5 Å². The Morgan fingerprint density at radius 2 is 1.82 bits per heavy atom. The van der Waals surface area contributed by atoms with E-state index in [1.807, 2.05) is 48.7 Å². The lowest BCUT2D eigenvalue weighted by molar-refractivity contribution is 0.0991. The smallest absolute Gasteiger partial charge is 0.178 e. The van der Waals surface area contributed by atoms with Gasteiger partial charge < -0.3 is 14.6 Å². The fraction of sp³-hybridized carbons (Fsp3) is 0.261. The molecule has 0 atom stereocenters. The molecule has 3 rings (SSSR count). The highest BCUT2D eigenvalue weighted by molar-refractivity contribution is 5.99. The van der Waals surface area contributed by atoms with E-state index < -0.39 is 0 Å². The number of nitrogens with zero attached hydrogens (tertiary/aromatic N) is 1. The molecule has 0 radical (unpaired) electrons. The molecule has 0 spiro atoms. The lowest BCUT2D eigenvalue weighted by Gasteiger charge is -2.10. The first kappa shape index (κ1) is 19.8. The molecule has 0 fully saturated rings. The summed E-state index contributed by atoms with van der Waals surface area (Å²) in [7, 11) is 1.66. The summed E-state index contributed by atoms with van der Waals surface area (Å²) in [6.45, 7) is 4.81. The highest BCUT2D eigenvalue weighted by atomic mass is 19.1. The van der Waals surface area contributed by atoms with Crippen molar-refractivity contribution in [2.24, 2.45) is 0 Å². The predicted molar refractivity (Wildman–Crippen MR) is 109 cm³/mol. The first-order valence-corrected chi connectivity index (χ1v) is 9.32. The van der Waals surface area contributed by atoms with Crippen LogP contribution in [0.4, 0.5) is 4.39 Å². The molecule has 0 saturated heterocycles. The monoisotopic (exact) mass is 380 g/mol. The number of methoxy groups -OCH3 is 1. The molecule has 2 aromatic carbocycles. The van der Waals surface area contributed by atoms with Gasteiger partial charge in [-0.3, -0.25) is 4.79 Å². The summed E-state index contributed by atoms with van der Waals surface area (Å²) in [5, 5.41) is 3.22. The number of aromatic nitrogens is 1. The molecule has 0 unspecified atom stereocenters. The van der Waals surface area contributed by atoms with E-state index in [1.165, 1.54) is 12.1 Å². The maximum Gasteiger partial charge on any atom is 0.178 e. The van der Waals surface area contributed by atoms with Gasteiger partial charge in [0.05, 0.1) is 13.7 Å². The zero-order valence-corrected chi connectivity index (χ0v) is 16.5. The van der Waals surface area contributed by atoms with E-state index in [0.29, 0.717) is 12.1 Å². The van der Waals surface area contributed by atoms with Gasteiger partial charge in [-0.25, -0.2) is 4.39 Å². The molecular formula is C23H25FN2O2. The Morgan fingerprint density at radius 1 is 1.11 bits per heavy atom. The van der Waals surface area contributed by atoms with Crippen molar-refractivity contribution in [2.45, 2.75) is 20.3 Å². The van der Waals surface area contributed by atoms with Crippen molar-refractivity contribution in [3.8, 4) is 11.4 Å². The van der Waals surface area contributed by atoms with Crippen LogP contribution >= 0.6 is 0 Å². The van der Waals surface area contributed by atoms with Crippen LogP contribution in [0.5, 0.6) is 5.75 Å². The molecule has 1 aromatic heterocycles. The van der Waals surface area contributed by atoms with Gasteiger partial charge in [0.1, 0.15) is 11.6 Å². The van der Waals surface area contributed by atoms with E-state index in [-0.39, 0.29) is 18.1 Å². The number of ketones is 1. The van der Waals surface area contributed by atoms with Crippen molar-refractivity contribution in [3.63, 3.8) is 0 Å². The van der Waals surface area contributed by atoms with Gasteiger partial charge in [-0.2, -0.15) is 0 Å². The SMILES string of the molecule is COc1ccccc1CCNCC(=O)c1cc(C)n(-c2ccc(F)cc2)c1C. The average molecular weight is 380 g/mol. The molecule has 4 nitrogen and oxygen atoms in total. The Balaban J connectivity index is 1.63. The first-order chi connectivity index (χ1) is 13.5. The van der Waals surface area contributed by atoms with Crippen molar-refractivity contribution in [1.29, 1.82) is 0 Å². The lowest BCUT2D eigenvalue weighted by Crippen LogP contribution is -2.25. The molecule has 5 heteroatoms. The number of Topliss-reactive ketones (excluding diaryl/α,β-unsaturated/α-hetero) is 1. The summed E-state index contributed by atoms with van der Waals surface area (Å²) in [6, 6.07) is 16.1. The molecular weight excluding hydrogens is 355 g/mol. The van der Waals surface area contributed by atoms with E-state index in [2.05, 4.69) is 5.32 Å². The predicted octanol–water partition coefficient (Wildman–Crippen LogP) is 4.26. The molecule has 0 aliphatic carbocycles. The summed E-state index contributed by atoms with van der Waals surface area (Å²) in [5.41, 5.74) is 4.45. The molecule has 0 saturated carbocycles. The lowest BCUT2D eigenvalue weighted by atomic mass is 10.1. The van der Waals surface area contributed by atoms with Crippen LogP contribution < -0.4 is 10.1 Å². The van der Waals surface area contributed by atoms with Crippen molar-refractivity contribution in [2.75, 3.05) is 20.2 Å². The number of rotatable bonds is 8. The van der Waals surface area contributed by atoms with Gasteiger partial charge in [0.25, 0.3) is 0 Å². The fourth-order valence-corrected chi connectivity index (χ4v) is 3.46. The second-order valence-electron chi connectivity index (χ2n) is 6.76. The summed E-state index contributed by atoms with van der Waals surface area (Å²) in [5.74, 6) is 0.627. The minimum Gasteiger partial charge on any atom is -0.496 e. The third-order valence-corrected chi connectivity index (χ3v) is 4.87. The van der Waals surface area contributed by atoms with Crippen molar-refractivity contribution in [1.82, 2.24) is 9.88 Å². The number of hydrogen-bond acceptors (Lipinski definition) is 3. The standard InChI is InChI=1S/C23H25FN2O2/c1-16-14-21(17(2)26(16)20-10-8-19(24)9-11-20)22(27)15-25-13-12-18-6-4-5-7-23(18)28-3/h4-11,14,25H,12-13,15H2,1-3H3. The Hall–Kier alpha value is -2.92. The molecule has 1 N–H and O–H groups in total. The Labute approximate surface area is 165 Å². The number of ether oxygens (including phenoxy) is 1. The van der Waals surface area contributed by atoms with Gasteiger partial charge in [0.15, 0.2) is 5.78 Å². The highest BCUT2D eigenvalue weighted by Crippen LogP contribution is 2.21. The normalized spacial score (nSPS) is 10.9. The third-order valence-electron chi connectivity index (χ3n) is 4.87. The van der Waals surface area contributed by atoms with E-state index in [1.54, 1.807) is 19.2 Å². The number of aryl methyl sites for hydroxylation is 1. The third kappa shape index (κ3) is 4.31. The maximum absolute atomic E-state index is 13.2. The minimum absolute atomic E-state index is 0.0430. The maximum atomic E-state index is 13.2. The Kier molecular flexibility index (Phi) is 6.26. The van der Waals surface area contributed by atoms with Crippen molar-refractivity contribution >= 4 is 5.78 Å². The van der Waals surface area contributed by atoms with Gasteiger partial charge in [-0.05, 0) is 68.8 Å². The second kappa shape index (κ2) is 8.85. The number of carbonyl (C=O) groups excluding carboxylic acids is 1. The number of carbonyl (C=O) groups is 1. The number of halogens is 1. The van der Waals surface area contributed by atoms with Crippen LogP contribution in [-0.2, 0) is 6.42 Å². The van der Waals surface area contributed by atoms with E-state index in [9.17, 15) is 9.18 Å². The summed E-state index contributed by atoms with van der Waals surface area (Å²) < 4.78 is 20.5. The summed E-state index contributed by atoms with van der Waals surface area (Å²) in [4.78, 5) is 12.7. The van der Waals surface area contributed by atoms with E-state index in [4.69, 9.17) is 4.74 Å². The zero-order valence-electron chi connectivity index (χ0n) is 16.5. The van der Waals surface area contributed by atoms with Crippen molar-refractivity contribution in [3.05, 3.63) is 82.9 Å². The van der Waals surface area contributed by atoms with Crippen LogP contribution in [0.3, 0.4) is 0 Å². The summed E-state index contributed by atoms with van der Waals surface area (Å²) in [6.07, 6.45) is 0.784. The molecule has 1 heterocycles. The van der Waals surface area contributed by atoms with Crippen LogP contribution in [0.25, 0.3) is 5.69 Å². The molecule has 0 aliphatic heterocycles. The molecule has 28 heavy (non-hydrogen) atoms. The van der Waals surface area contributed by atoms with Gasteiger partial charge in [-0.15, -0.1) is 0 Å². The number of hydrogen-bond donors (Lipinski definition) is 1. The minimum atomic E-state index is -0.276. The van der Waals surface area contributed by atoms with Crippen molar-refractivity contribution < 1.29 is 13.9 Å². The number of nitrogens with one attached hydrogen (secondary N) is 1. The largest absolute Gasteiger partial charge is 0.496 e. The molecule has 0 aliphatic rings. The molecule has 0 bridgehead atoms. The average Bonchev–Trinajstić information content (AvgIpc) is 3.00. The highest BCUT2D eigenvalue weighted by Gasteiger charge is 2.16. The topological polar surface area (TPSA) is 43.3 Å². The van der Waals surface area contributed by atoms with Gasteiger partial charge in [0, 0.05) is 22.6 Å². The Morgan fingerprint density at radius 3 is 2.54 bits per heavy atom. The molecule has 0 amide bonds. The van der Waals surface area contributed by atoms with Gasteiger partial charge in [-0.1, -0.05) is 18.2 Å². The van der Waals surface area contributed by atoms with Gasteiger partial charge >= 0.3 is 0 Å². The van der Waals surface area contributed by atoms with E-state index >= 15 is 0 Å².